The quantitative estimate of drug-likeness (QED) is 0.812. The molecule has 0 fully saturated rings. The van der Waals surface area contributed by atoms with E-state index in [1.807, 2.05) is 0 Å². The molecule has 82 valence electrons. The van der Waals surface area contributed by atoms with Gasteiger partial charge in [0.2, 0.25) is 6.43 Å². The smallest absolute Gasteiger partial charge is 0.242 e. The first-order valence-corrected chi connectivity index (χ1v) is 4.93. The summed E-state index contributed by atoms with van der Waals surface area (Å²) in [6.07, 6.45) is -1.81. The summed E-state index contributed by atoms with van der Waals surface area (Å²) in [6.45, 7) is 0.501. The molecule has 1 aromatic carbocycles. The molecule has 0 spiro atoms. The molecule has 0 saturated heterocycles. The highest BCUT2D eigenvalue weighted by Gasteiger charge is 2.17. The minimum Gasteiger partial charge on any atom is -0.492 e. The van der Waals surface area contributed by atoms with Crippen molar-refractivity contribution in [1.29, 1.82) is 0 Å². The Kier molecular flexibility index (Phi) is 2.86. The maximum absolute atomic E-state index is 12.2. The van der Waals surface area contributed by atoms with E-state index in [9.17, 15) is 8.78 Å². The Morgan fingerprint density at radius 2 is 2.27 bits per heavy atom. The van der Waals surface area contributed by atoms with Crippen molar-refractivity contribution in [2.24, 2.45) is 5.73 Å². The Hall–Kier alpha value is -1.16. The van der Waals surface area contributed by atoms with Gasteiger partial charge < -0.3 is 10.5 Å². The van der Waals surface area contributed by atoms with Crippen molar-refractivity contribution in [3.8, 4) is 5.75 Å². The number of fused-ring (bicyclic) bond motifs is 1. The fourth-order valence-corrected chi connectivity index (χ4v) is 1.78. The van der Waals surface area contributed by atoms with Gasteiger partial charge in [-0.1, -0.05) is 12.1 Å². The second-order valence-electron chi connectivity index (χ2n) is 3.81. The van der Waals surface area contributed by atoms with E-state index in [4.69, 9.17) is 10.5 Å². The molecule has 0 amide bonds. The summed E-state index contributed by atoms with van der Waals surface area (Å²) in [5.41, 5.74) is 7.30. The van der Waals surface area contributed by atoms with Crippen molar-refractivity contribution in [3.63, 3.8) is 0 Å². The van der Waals surface area contributed by atoms with E-state index < -0.39 is 6.43 Å². The third-order valence-corrected chi connectivity index (χ3v) is 2.45. The molecule has 2 nitrogen and oxygen atoms in total. The van der Waals surface area contributed by atoms with Crippen LogP contribution in [0.4, 0.5) is 8.78 Å². The first kappa shape index (κ1) is 10.4. The van der Waals surface area contributed by atoms with Gasteiger partial charge in [0.05, 0.1) is 0 Å². The van der Waals surface area contributed by atoms with E-state index in [1.165, 1.54) is 0 Å². The van der Waals surface area contributed by atoms with Crippen LogP contribution < -0.4 is 10.5 Å². The summed E-state index contributed by atoms with van der Waals surface area (Å²) < 4.78 is 29.7. The molecule has 4 heteroatoms. The van der Waals surface area contributed by atoms with Gasteiger partial charge in [0, 0.05) is 12.5 Å². The van der Waals surface area contributed by atoms with Gasteiger partial charge >= 0.3 is 0 Å². The zero-order valence-electron chi connectivity index (χ0n) is 8.25. The highest BCUT2D eigenvalue weighted by Crippen LogP contribution is 2.25. The SMILES string of the molecule is N[C@H]1COc2ccc(CC(F)F)cc2C1. The molecule has 0 saturated carbocycles. The summed E-state index contributed by atoms with van der Waals surface area (Å²) in [4.78, 5) is 0. The Labute approximate surface area is 87.0 Å². The molecular weight excluding hydrogens is 200 g/mol. The maximum Gasteiger partial charge on any atom is 0.242 e. The minimum absolute atomic E-state index is 0.0284. The zero-order chi connectivity index (χ0) is 10.8. The summed E-state index contributed by atoms with van der Waals surface area (Å²) in [5.74, 6) is 0.773. The molecule has 15 heavy (non-hydrogen) atoms. The van der Waals surface area contributed by atoms with Crippen molar-refractivity contribution in [1.82, 2.24) is 0 Å². The van der Waals surface area contributed by atoms with Gasteiger partial charge in [-0.2, -0.15) is 0 Å². The number of hydrogen-bond acceptors (Lipinski definition) is 2. The molecule has 0 aromatic heterocycles. The Bertz CT molecular complexity index is 354. The van der Waals surface area contributed by atoms with Crippen molar-refractivity contribution in [3.05, 3.63) is 29.3 Å². The highest BCUT2D eigenvalue weighted by atomic mass is 19.3. The van der Waals surface area contributed by atoms with Gasteiger partial charge in [-0.05, 0) is 23.6 Å². The molecule has 0 aliphatic carbocycles. The van der Waals surface area contributed by atoms with Crippen LogP contribution in [0.15, 0.2) is 18.2 Å². The molecule has 0 radical (unpaired) electrons. The molecule has 0 unspecified atom stereocenters. The van der Waals surface area contributed by atoms with Crippen LogP contribution in [-0.4, -0.2) is 19.1 Å². The van der Waals surface area contributed by atoms with Crippen LogP contribution in [0.3, 0.4) is 0 Å². The van der Waals surface area contributed by atoms with Crippen LogP contribution in [0.5, 0.6) is 5.75 Å². The van der Waals surface area contributed by atoms with Gasteiger partial charge in [-0.15, -0.1) is 0 Å². The molecule has 2 rings (SSSR count). The van der Waals surface area contributed by atoms with E-state index in [0.717, 1.165) is 11.3 Å². The van der Waals surface area contributed by atoms with E-state index in [-0.39, 0.29) is 12.5 Å². The lowest BCUT2D eigenvalue weighted by Crippen LogP contribution is -2.33. The zero-order valence-corrected chi connectivity index (χ0v) is 8.25. The number of ether oxygens (including phenoxy) is 1. The Balaban J connectivity index is 2.20. The lowest BCUT2D eigenvalue weighted by atomic mass is 10.00. The summed E-state index contributed by atoms with van der Waals surface area (Å²) in [6, 6.07) is 5.17. The van der Waals surface area contributed by atoms with Gasteiger partial charge in [-0.3, -0.25) is 0 Å². The number of rotatable bonds is 2. The molecule has 1 atom stereocenters. The Morgan fingerprint density at radius 3 is 3.00 bits per heavy atom. The average molecular weight is 213 g/mol. The third-order valence-electron chi connectivity index (χ3n) is 2.45. The van der Waals surface area contributed by atoms with E-state index in [1.54, 1.807) is 18.2 Å². The normalized spacial score (nSPS) is 19.9. The lowest BCUT2D eigenvalue weighted by Gasteiger charge is -2.22. The third kappa shape index (κ3) is 2.45. The van der Waals surface area contributed by atoms with Crippen LogP contribution >= 0.6 is 0 Å². The molecule has 1 aliphatic heterocycles. The van der Waals surface area contributed by atoms with E-state index >= 15 is 0 Å². The van der Waals surface area contributed by atoms with Crippen LogP contribution in [-0.2, 0) is 12.8 Å². The van der Waals surface area contributed by atoms with Gasteiger partial charge in [0.15, 0.2) is 0 Å². The molecule has 1 heterocycles. The standard InChI is InChI=1S/C11H13F2NO/c12-11(13)4-7-1-2-10-8(3-7)5-9(14)6-15-10/h1-3,9,11H,4-6,14H2/t9-/m1/s1. The molecule has 0 bridgehead atoms. The van der Waals surface area contributed by atoms with Crippen molar-refractivity contribution < 1.29 is 13.5 Å². The summed E-state index contributed by atoms with van der Waals surface area (Å²) in [5, 5.41) is 0. The van der Waals surface area contributed by atoms with E-state index in [2.05, 4.69) is 0 Å². The second kappa shape index (κ2) is 4.14. The highest BCUT2D eigenvalue weighted by molar-refractivity contribution is 5.39. The van der Waals surface area contributed by atoms with Crippen LogP contribution in [0, 0.1) is 0 Å². The monoisotopic (exact) mass is 213 g/mol. The van der Waals surface area contributed by atoms with Crippen molar-refractivity contribution in [2.45, 2.75) is 25.3 Å². The predicted octanol–water partition coefficient (Wildman–Crippen LogP) is 1.76. The minimum atomic E-state index is -2.30. The number of alkyl halides is 2. The van der Waals surface area contributed by atoms with Crippen molar-refractivity contribution >= 4 is 0 Å². The number of hydrogen-bond donors (Lipinski definition) is 1. The molecule has 2 N–H and O–H groups in total. The van der Waals surface area contributed by atoms with Crippen LogP contribution in [0.1, 0.15) is 11.1 Å². The lowest BCUT2D eigenvalue weighted by molar-refractivity contribution is 0.149. The van der Waals surface area contributed by atoms with Crippen LogP contribution in [0.2, 0.25) is 0 Å². The van der Waals surface area contributed by atoms with Gasteiger partial charge in [0.25, 0.3) is 0 Å². The summed E-state index contributed by atoms with van der Waals surface area (Å²) in [7, 11) is 0. The fraction of sp³-hybridized carbons (Fsp3) is 0.455. The maximum atomic E-state index is 12.2. The number of nitrogens with two attached hydrogens (primary N) is 1. The first-order chi connectivity index (χ1) is 7.15. The van der Waals surface area contributed by atoms with E-state index in [0.29, 0.717) is 18.6 Å². The molecular formula is C11H13F2NO. The Morgan fingerprint density at radius 1 is 1.47 bits per heavy atom. The topological polar surface area (TPSA) is 35.2 Å². The molecule has 1 aliphatic rings. The predicted molar refractivity (Wildman–Crippen MR) is 53.3 cm³/mol. The second-order valence-corrected chi connectivity index (χ2v) is 3.81. The molecule has 1 aromatic rings. The number of halogens is 2. The summed E-state index contributed by atoms with van der Waals surface area (Å²) >= 11 is 0. The first-order valence-electron chi connectivity index (χ1n) is 4.93. The average Bonchev–Trinajstić information content (AvgIpc) is 2.16. The van der Waals surface area contributed by atoms with Crippen LogP contribution in [0.25, 0.3) is 0 Å². The van der Waals surface area contributed by atoms with Gasteiger partial charge in [-0.25, -0.2) is 8.78 Å². The fourth-order valence-electron chi connectivity index (χ4n) is 1.78. The number of benzene rings is 1. The largest absolute Gasteiger partial charge is 0.492 e. The van der Waals surface area contributed by atoms with Crippen molar-refractivity contribution in [2.75, 3.05) is 6.61 Å². The van der Waals surface area contributed by atoms with Gasteiger partial charge in [0.1, 0.15) is 12.4 Å².